The van der Waals surface area contributed by atoms with Gasteiger partial charge in [-0.15, -0.1) is 0 Å². The van der Waals surface area contributed by atoms with Gasteiger partial charge in [-0.25, -0.2) is 0 Å². The van der Waals surface area contributed by atoms with Crippen molar-refractivity contribution in [3.05, 3.63) is 70.8 Å². The quantitative estimate of drug-likeness (QED) is 0.484. The Bertz CT molecular complexity index is 694. The third-order valence-corrected chi connectivity index (χ3v) is 6.08. The van der Waals surface area contributed by atoms with Crippen molar-refractivity contribution in [2.24, 2.45) is 5.92 Å². The van der Waals surface area contributed by atoms with Gasteiger partial charge in [0.2, 0.25) is 0 Å². The Kier molecular flexibility index (Phi) is 6.91. The van der Waals surface area contributed by atoms with E-state index in [0.29, 0.717) is 5.56 Å². The Morgan fingerprint density at radius 2 is 1.46 bits per heavy atom. The van der Waals surface area contributed by atoms with E-state index in [1.165, 1.54) is 61.6 Å². The monoisotopic (exact) mass is 368 g/mol. The Morgan fingerprint density at radius 3 is 2.04 bits per heavy atom. The first-order valence-electron chi connectivity index (χ1n) is 10.0. The van der Waals surface area contributed by atoms with Crippen LogP contribution in [0.4, 0.5) is 0 Å². The fourth-order valence-electron chi connectivity index (χ4n) is 4.20. The van der Waals surface area contributed by atoms with Gasteiger partial charge in [0.1, 0.15) is 0 Å². The lowest BCUT2D eigenvalue weighted by Gasteiger charge is -2.29. The third-order valence-electron chi connectivity index (χ3n) is 5.86. The Balaban J connectivity index is 1.45. The van der Waals surface area contributed by atoms with Gasteiger partial charge in [-0.3, -0.25) is 4.79 Å². The van der Waals surface area contributed by atoms with Crippen LogP contribution in [0.2, 0.25) is 0 Å². The first kappa shape index (κ1) is 19.2. The topological polar surface area (TPSA) is 17.1 Å². The summed E-state index contributed by atoms with van der Waals surface area (Å²) in [4.78, 5) is 11.1. The molecule has 1 aliphatic carbocycles. The van der Waals surface area contributed by atoms with Crippen LogP contribution in [0.3, 0.4) is 0 Å². The molecule has 0 N–H and O–H groups in total. The molecule has 1 aliphatic rings. The summed E-state index contributed by atoms with van der Waals surface area (Å²) < 4.78 is 0. The van der Waals surface area contributed by atoms with Gasteiger partial charge in [-0.2, -0.15) is 0 Å². The largest absolute Gasteiger partial charge is 0.276 e. The molecule has 1 saturated carbocycles. The first-order chi connectivity index (χ1) is 12.7. The number of hydrogen-bond donors (Lipinski definition) is 0. The summed E-state index contributed by atoms with van der Waals surface area (Å²) in [6.07, 6.45) is 10.0. The molecule has 1 fully saturated rings. The summed E-state index contributed by atoms with van der Waals surface area (Å²) in [5.74, 6) is 1.58. The highest BCUT2D eigenvalue weighted by molar-refractivity contribution is 6.67. The molecule has 2 aromatic rings. The highest BCUT2D eigenvalue weighted by Crippen LogP contribution is 2.37. The summed E-state index contributed by atoms with van der Waals surface area (Å²) in [7, 11) is 0. The molecule has 26 heavy (non-hydrogen) atoms. The average molecular weight is 369 g/mol. The average Bonchev–Trinajstić information content (AvgIpc) is 2.68. The van der Waals surface area contributed by atoms with Crippen LogP contribution in [-0.2, 0) is 12.8 Å². The molecule has 0 atom stereocenters. The predicted molar refractivity (Wildman–Crippen MR) is 110 cm³/mol. The van der Waals surface area contributed by atoms with Crippen molar-refractivity contribution in [2.75, 3.05) is 0 Å². The zero-order chi connectivity index (χ0) is 18.4. The van der Waals surface area contributed by atoms with Crippen LogP contribution in [-0.4, -0.2) is 5.24 Å². The molecule has 0 radical (unpaired) electrons. The van der Waals surface area contributed by atoms with Crippen LogP contribution in [0.25, 0.3) is 0 Å². The van der Waals surface area contributed by atoms with Gasteiger partial charge >= 0.3 is 0 Å². The summed E-state index contributed by atoms with van der Waals surface area (Å²) in [5.41, 5.74) is 4.89. The fraction of sp³-hybridized carbons (Fsp3) is 0.458. The molecule has 2 heteroatoms. The fourth-order valence-corrected chi connectivity index (χ4v) is 4.33. The molecular weight excluding hydrogens is 340 g/mol. The molecule has 2 aromatic carbocycles. The van der Waals surface area contributed by atoms with E-state index in [1.807, 2.05) is 24.3 Å². The molecule has 3 rings (SSSR count). The minimum absolute atomic E-state index is 0.377. The number of carbonyl (C=O) groups excluding carboxylic acids is 1. The normalized spacial score (nSPS) is 20.1. The van der Waals surface area contributed by atoms with E-state index in [2.05, 4.69) is 31.2 Å². The summed E-state index contributed by atoms with van der Waals surface area (Å²) >= 11 is 5.50. The number of rotatable bonds is 7. The van der Waals surface area contributed by atoms with Crippen molar-refractivity contribution < 1.29 is 4.79 Å². The van der Waals surface area contributed by atoms with E-state index in [-0.39, 0.29) is 5.24 Å². The highest BCUT2D eigenvalue weighted by Gasteiger charge is 2.22. The first-order valence-corrected chi connectivity index (χ1v) is 10.4. The Morgan fingerprint density at radius 1 is 0.885 bits per heavy atom. The van der Waals surface area contributed by atoms with Gasteiger partial charge in [0.15, 0.2) is 0 Å². The van der Waals surface area contributed by atoms with E-state index >= 15 is 0 Å². The lowest BCUT2D eigenvalue weighted by atomic mass is 9.77. The van der Waals surface area contributed by atoms with Crippen molar-refractivity contribution in [1.29, 1.82) is 0 Å². The maximum Gasteiger partial charge on any atom is 0.252 e. The minimum Gasteiger partial charge on any atom is -0.276 e. The van der Waals surface area contributed by atoms with Crippen LogP contribution >= 0.6 is 11.6 Å². The van der Waals surface area contributed by atoms with Crippen molar-refractivity contribution in [2.45, 2.75) is 64.2 Å². The van der Waals surface area contributed by atoms with Crippen molar-refractivity contribution >= 4 is 16.8 Å². The number of carbonyl (C=O) groups is 1. The SMILES string of the molecule is CCCc1ccc([C@H]2CC[C@H](CCc3ccc(C(=O)Cl)cc3)CC2)cc1. The molecule has 0 aliphatic heterocycles. The molecule has 0 spiro atoms. The van der Waals surface area contributed by atoms with Gasteiger partial charge in [0, 0.05) is 5.56 Å². The highest BCUT2D eigenvalue weighted by atomic mass is 35.5. The minimum atomic E-state index is -0.377. The van der Waals surface area contributed by atoms with Crippen LogP contribution in [0, 0.1) is 5.92 Å². The summed E-state index contributed by atoms with van der Waals surface area (Å²) in [5, 5.41) is -0.377. The number of aryl methyl sites for hydroxylation is 2. The lowest BCUT2D eigenvalue weighted by molar-refractivity contribution is 0.108. The van der Waals surface area contributed by atoms with E-state index in [1.54, 1.807) is 0 Å². The smallest absolute Gasteiger partial charge is 0.252 e. The second kappa shape index (κ2) is 9.37. The second-order valence-corrected chi connectivity index (χ2v) is 8.06. The molecule has 0 amide bonds. The van der Waals surface area contributed by atoms with Crippen LogP contribution in [0.1, 0.15) is 78.4 Å². The zero-order valence-electron chi connectivity index (χ0n) is 15.7. The second-order valence-electron chi connectivity index (χ2n) is 7.72. The Hall–Kier alpha value is -1.60. The van der Waals surface area contributed by atoms with Gasteiger partial charge in [0.05, 0.1) is 0 Å². The van der Waals surface area contributed by atoms with Gasteiger partial charge in [-0.1, -0.05) is 49.7 Å². The third kappa shape index (κ3) is 5.20. The summed E-state index contributed by atoms with van der Waals surface area (Å²) in [6.45, 7) is 2.24. The number of benzene rings is 2. The molecular formula is C24H29ClO. The number of hydrogen-bond acceptors (Lipinski definition) is 1. The van der Waals surface area contributed by atoms with Crippen molar-refractivity contribution in [3.8, 4) is 0 Å². The lowest BCUT2D eigenvalue weighted by Crippen LogP contribution is -2.14. The van der Waals surface area contributed by atoms with Crippen LogP contribution in [0.15, 0.2) is 48.5 Å². The van der Waals surface area contributed by atoms with Gasteiger partial charge in [-0.05, 0) is 97.2 Å². The van der Waals surface area contributed by atoms with Crippen molar-refractivity contribution in [3.63, 3.8) is 0 Å². The van der Waals surface area contributed by atoms with Crippen molar-refractivity contribution in [1.82, 2.24) is 0 Å². The zero-order valence-corrected chi connectivity index (χ0v) is 16.5. The molecule has 0 heterocycles. The number of halogens is 1. The predicted octanol–water partition coefficient (Wildman–Crippen LogP) is 6.92. The van der Waals surface area contributed by atoms with E-state index in [4.69, 9.17) is 11.6 Å². The summed E-state index contributed by atoms with van der Waals surface area (Å²) in [6, 6.07) is 17.1. The maximum absolute atomic E-state index is 11.1. The van der Waals surface area contributed by atoms with E-state index in [0.717, 1.165) is 18.3 Å². The molecule has 0 aromatic heterocycles. The molecule has 0 saturated heterocycles. The van der Waals surface area contributed by atoms with Gasteiger partial charge in [0.25, 0.3) is 5.24 Å². The van der Waals surface area contributed by atoms with Crippen LogP contribution in [0.5, 0.6) is 0 Å². The van der Waals surface area contributed by atoms with E-state index < -0.39 is 0 Å². The standard InChI is InChI=1S/C24H29ClO/c1-2-3-18-6-12-21(13-7-18)22-14-8-19(9-15-22)4-5-20-10-16-23(17-11-20)24(25)26/h6-7,10-13,16-17,19,22H,2-5,8-9,14-15H2,1H3/t19-,22-. The molecule has 0 unspecified atom stereocenters. The van der Waals surface area contributed by atoms with E-state index in [9.17, 15) is 4.79 Å². The Labute approximate surface area is 162 Å². The van der Waals surface area contributed by atoms with Gasteiger partial charge < -0.3 is 0 Å². The maximum atomic E-state index is 11.1. The molecule has 138 valence electrons. The molecule has 1 nitrogen and oxygen atoms in total. The molecule has 0 bridgehead atoms. The van der Waals surface area contributed by atoms with Crippen LogP contribution < -0.4 is 0 Å².